The molecule has 5 heteroatoms. The molecule has 0 atom stereocenters. The highest BCUT2D eigenvalue weighted by Crippen LogP contribution is 2.52. The number of aromatic nitrogens is 1. The summed E-state index contributed by atoms with van der Waals surface area (Å²) in [7, 11) is 1.42. The molecule has 0 N–H and O–H groups in total. The van der Waals surface area contributed by atoms with Crippen molar-refractivity contribution in [3.63, 3.8) is 0 Å². The average Bonchev–Trinajstić information content (AvgIpc) is 3.17. The van der Waals surface area contributed by atoms with Crippen molar-refractivity contribution < 1.29 is 14.3 Å². The fourth-order valence-corrected chi connectivity index (χ4v) is 2.37. The van der Waals surface area contributed by atoms with E-state index in [1.807, 2.05) is 6.07 Å². The van der Waals surface area contributed by atoms with Crippen molar-refractivity contribution in [2.24, 2.45) is 5.92 Å². The topological polar surface area (TPSA) is 48.4 Å². The Labute approximate surface area is 121 Å². The summed E-state index contributed by atoms with van der Waals surface area (Å²) in [4.78, 5) is 16.3. The summed E-state index contributed by atoms with van der Waals surface area (Å²) in [6, 6.07) is 1.91. The van der Waals surface area contributed by atoms with E-state index in [1.165, 1.54) is 7.11 Å². The Balaban J connectivity index is 2.33. The van der Waals surface area contributed by atoms with E-state index in [9.17, 15) is 4.79 Å². The summed E-state index contributed by atoms with van der Waals surface area (Å²) < 4.78 is 11.5. The lowest BCUT2D eigenvalue weighted by atomic mass is 9.97. The van der Waals surface area contributed by atoms with E-state index in [-0.39, 0.29) is 5.97 Å². The summed E-state index contributed by atoms with van der Waals surface area (Å²) in [6.07, 6.45) is 3.26. The predicted molar refractivity (Wildman–Crippen MR) is 75.2 cm³/mol. The Morgan fingerprint density at radius 2 is 2.21 bits per heavy atom. The number of ether oxygens (including phenoxy) is 2. The van der Waals surface area contributed by atoms with E-state index in [0.717, 1.165) is 22.9 Å². The maximum atomic E-state index is 12.0. The molecule has 1 aromatic heterocycles. The second-order valence-electron chi connectivity index (χ2n) is 5.28. The number of esters is 1. The van der Waals surface area contributed by atoms with E-state index in [1.54, 1.807) is 6.20 Å². The molecule has 0 aliphatic heterocycles. The van der Waals surface area contributed by atoms with Crippen LogP contribution in [0, 0.1) is 5.92 Å². The van der Waals surface area contributed by atoms with Gasteiger partial charge in [0.25, 0.3) is 0 Å². The van der Waals surface area contributed by atoms with Crippen molar-refractivity contribution in [2.45, 2.75) is 32.1 Å². The van der Waals surface area contributed by atoms with Gasteiger partial charge in [0.15, 0.2) is 0 Å². The number of pyridine rings is 1. The minimum absolute atomic E-state index is 0.207. The SMILES string of the molecule is COC(=O)C1(c2cc(Br)cnc2OCC(C)C)CC1. The van der Waals surface area contributed by atoms with Gasteiger partial charge < -0.3 is 9.47 Å². The van der Waals surface area contributed by atoms with Crippen molar-refractivity contribution in [1.82, 2.24) is 4.98 Å². The third-order valence-corrected chi connectivity index (χ3v) is 3.65. The second kappa shape index (κ2) is 5.49. The lowest BCUT2D eigenvalue weighted by Gasteiger charge is -2.18. The first-order valence-electron chi connectivity index (χ1n) is 6.37. The monoisotopic (exact) mass is 327 g/mol. The van der Waals surface area contributed by atoms with Crippen molar-refractivity contribution in [3.05, 3.63) is 22.3 Å². The molecular formula is C14H18BrNO3. The zero-order valence-corrected chi connectivity index (χ0v) is 13.0. The van der Waals surface area contributed by atoms with Crippen LogP contribution in [0.3, 0.4) is 0 Å². The van der Waals surface area contributed by atoms with Gasteiger partial charge in [0.05, 0.1) is 19.1 Å². The molecular weight excluding hydrogens is 310 g/mol. The third kappa shape index (κ3) is 2.91. The van der Waals surface area contributed by atoms with Crippen LogP contribution in [-0.2, 0) is 14.9 Å². The van der Waals surface area contributed by atoms with Gasteiger partial charge in [0.2, 0.25) is 5.88 Å². The highest BCUT2D eigenvalue weighted by molar-refractivity contribution is 9.10. The van der Waals surface area contributed by atoms with Gasteiger partial charge >= 0.3 is 5.97 Å². The molecule has 0 aromatic carbocycles. The Kier molecular flexibility index (Phi) is 4.13. The van der Waals surface area contributed by atoms with Crippen LogP contribution < -0.4 is 4.74 Å². The van der Waals surface area contributed by atoms with Crippen LogP contribution in [0.4, 0.5) is 0 Å². The molecule has 1 aromatic rings. The lowest BCUT2D eigenvalue weighted by molar-refractivity contribution is -0.143. The zero-order chi connectivity index (χ0) is 14.0. The molecule has 0 radical (unpaired) electrons. The number of rotatable bonds is 5. The van der Waals surface area contributed by atoms with Crippen LogP contribution in [0.5, 0.6) is 5.88 Å². The van der Waals surface area contributed by atoms with Gasteiger partial charge in [-0.05, 0) is 40.8 Å². The fraction of sp³-hybridized carbons (Fsp3) is 0.571. The zero-order valence-electron chi connectivity index (χ0n) is 11.4. The Morgan fingerprint density at radius 3 is 2.74 bits per heavy atom. The molecule has 1 heterocycles. The Bertz CT molecular complexity index is 484. The molecule has 104 valence electrons. The first kappa shape index (κ1) is 14.3. The highest BCUT2D eigenvalue weighted by Gasteiger charge is 2.54. The van der Waals surface area contributed by atoms with Crippen LogP contribution in [0.2, 0.25) is 0 Å². The van der Waals surface area contributed by atoms with Crippen molar-refractivity contribution in [1.29, 1.82) is 0 Å². The van der Waals surface area contributed by atoms with E-state index in [0.29, 0.717) is 18.4 Å². The number of carbonyl (C=O) groups is 1. The van der Waals surface area contributed by atoms with Crippen molar-refractivity contribution in [3.8, 4) is 5.88 Å². The minimum atomic E-state index is -0.558. The summed E-state index contributed by atoms with van der Waals surface area (Å²) in [5, 5.41) is 0. The van der Waals surface area contributed by atoms with Gasteiger partial charge in [0.1, 0.15) is 0 Å². The Morgan fingerprint density at radius 1 is 1.53 bits per heavy atom. The molecule has 0 spiro atoms. The molecule has 4 nitrogen and oxygen atoms in total. The van der Waals surface area contributed by atoms with Gasteiger partial charge in [0, 0.05) is 16.2 Å². The summed E-state index contributed by atoms with van der Waals surface area (Å²) in [5.41, 5.74) is 0.270. The summed E-state index contributed by atoms with van der Waals surface area (Å²) in [5.74, 6) is 0.744. The van der Waals surface area contributed by atoms with Gasteiger partial charge in [-0.3, -0.25) is 4.79 Å². The fourth-order valence-electron chi connectivity index (χ4n) is 2.03. The second-order valence-corrected chi connectivity index (χ2v) is 6.20. The van der Waals surface area contributed by atoms with E-state index in [4.69, 9.17) is 9.47 Å². The largest absolute Gasteiger partial charge is 0.477 e. The molecule has 0 bridgehead atoms. The Hall–Kier alpha value is -1.10. The molecule has 0 amide bonds. The molecule has 1 fully saturated rings. The normalized spacial score (nSPS) is 16.3. The van der Waals surface area contributed by atoms with Crippen LogP contribution in [-0.4, -0.2) is 24.7 Å². The smallest absolute Gasteiger partial charge is 0.316 e. The number of carbonyl (C=O) groups excluding carboxylic acids is 1. The summed E-state index contributed by atoms with van der Waals surface area (Å²) >= 11 is 3.40. The number of halogens is 1. The highest BCUT2D eigenvalue weighted by atomic mass is 79.9. The minimum Gasteiger partial charge on any atom is -0.477 e. The first-order chi connectivity index (χ1) is 8.99. The lowest BCUT2D eigenvalue weighted by Crippen LogP contribution is -2.23. The predicted octanol–water partition coefficient (Wildman–Crippen LogP) is 3.08. The third-order valence-electron chi connectivity index (χ3n) is 3.21. The standard InChI is InChI=1S/C14H18BrNO3/c1-9(2)8-19-12-11(6-10(15)7-16-12)14(4-5-14)13(17)18-3/h6-7,9H,4-5,8H2,1-3H3. The van der Waals surface area contributed by atoms with Gasteiger partial charge in [-0.2, -0.15) is 0 Å². The maximum absolute atomic E-state index is 12.0. The van der Waals surface area contributed by atoms with Crippen LogP contribution in [0.25, 0.3) is 0 Å². The average molecular weight is 328 g/mol. The van der Waals surface area contributed by atoms with Gasteiger partial charge in [-0.15, -0.1) is 0 Å². The van der Waals surface area contributed by atoms with E-state index < -0.39 is 5.41 Å². The molecule has 1 saturated carbocycles. The van der Waals surface area contributed by atoms with E-state index in [2.05, 4.69) is 34.8 Å². The number of methoxy groups -OCH3 is 1. The number of nitrogens with zero attached hydrogens (tertiary/aromatic N) is 1. The number of hydrogen-bond donors (Lipinski definition) is 0. The molecule has 0 saturated heterocycles. The van der Waals surface area contributed by atoms with Crippen molar-refractivity contribution >= 4 is 21.9 Å². The molecule has 1 aliphatic carbocycles. The molecule has 1 aliphatic rings. The van der Waals surface area contributed by atoms with Crippen molar-refractivity contribution in [2.75, 3.05) is 13.7 Å². The molecule has 19 heavy (non-hydrogen) atoms. The molecule has 2 rings (SSSR count). The quantitative estimate of drug-likeness (QED) is 0.780. The van der Waals surface area contributed by atoms with Crippen LogP contribution in [0.1, 0.15) is 32.3 Å². The first-order valence-corrected chi connectivity index (χ1v) is 7.16. The number of hydrogen-bond acceptors (Lipinski definition) is 4. The van der Waals surface area contributed by atoms with Gasteiger partial charge in [-0.25, -0.2) is 4.98 Å². The molecule has 0 unspecified atom stereocenters. The van der Waals surface area contributed by atoms with Crippen LogP contribution >= 0.6 is 15.9 Å². The van der Waals surface area contributed by atoms with Gasteiger partial charge in [-0.1, -0.05) is 13.8 Å². The maximum Gasteiger partial charge on any atom is 0.316 e. The van der Waals surface area contributed by atoms with Crippen LogP contribution in [0.15, 0.2) is 16.7 Å². The van der Waals surface area contributed by atoms with E-state index >= 15 is 0 Å². The summed E-state index contributed by atoms with van der Waals surface area (Å²) in [6.45, 7) is 4.73.